The van der Waals surface area contributed by atoms with Gasteiger partial charge in [0.15, 0.2) is 0 Å². The highest BCUT2D eigenvalue weighted by Gasteiger charge is 2.19. The van der Waals surface area contributed by atoms with Crippen LogP contribution in [0.25, 0.3) is 0 Å². The number of carboxylic acid groups (broad SMARTS) is 1. The third-order valence-electron chi connectivity index (χ3n) is 2.00. The first-order valence-electron chi connectivity index (χ1n) is 4.56. The molecule has 0 aromatic carbocycles. The highest BCUT2D eigenvalue weighted by Crippen LogP contribution is 2.06. The molecule has 1 amide bonds. The lowest BCUT2D eigenvalue weighted by Crippen LogP contribution is -2.32. The molecule has 0 radical (unpaired) electrons. The SMILES string of the molecule is Cc1ccc(CNC(=O)C(C)C(=O)O)o1. The number of nitrogens with one attached hydrogen (secondary N) is 1. The second-order valence-electron chi connectivity index (χ2n) is 3.29. The molecule has 0 fully saturated rings. The summed E-state index contributed by atoms with van der Waals surface area (Å²) in [5.74, 6) is -1.33. The average Bonchev–Trinajstić information content (AvgIpc) is 2.59. The lowest BCUT2D eigenvalue weighted by molar-refractivity contribution is -0.146. The first-order chi connectivity index (χ1) is 7.00. The van der Waals surface area contributed by atoms with Crippen molar-refractivity contribution in [2.45, 2.75) is 20.4 Å². The van der Waals surface area contributed by atoms with Crippen LogP contribution in [0.2, 0.25) is 0 Å². The van der Waals surface area contributed by atoms with E-state index in [0.29, 0.717) is 5.76 Å². The van der Waals surface area contributed by atoms with Crippen molar-refractivity contribution in [1.29, 1.82) is 0 Å². The van der Waals surface area contributed by atoms with Gasteiger partial charge >= 0.3 is 5.97 Å². The van der Waals surface area contributed by atoms with Gasteiger partial charge in [0, 0.05) is 0 Å². The number of hydrogen-bond acceptors (Lipinski definition) is 3. The van der Waals surface area contributed by atoms with E-state index in [1.807, 2.05) is 0 Å². The first-order valence-corrected chi connectivity index (χ1v) is 4.56. The summed E-state index contributed by atoms with van der Waals surface area (Å²) in [5.41, 5.74) is 0. The van der Waals surface area contributed by atoms with Crippen LogP contribution in [0.15, 0.2) is 16.5 Å². The second-order valence-corrected chi connectivity index (χ2v) is 3.29. The zero-order valence-electron chi connectivity index (χ0n) is 8.61. The van der Waals surface area contributed by atoms with E-state index in [1.54, 1.807) is 19.1 Å². The van der Waals surface area contributed by atoms with E-state index in [-0.39, 0.29) is 6.54 Å². The summed E-state index contributed by atoms with van der Waals surface area (Å²) in [7, 11) is 0. The monoisotopic (exact) mass is 211 g/mol. The first kappa shape index (κ1) is 11.3. The molecule has 0 aliphatic rings. The van der Waals surface area contributed by atoms with Crippen LogP contribution in [0.5, 0.6) is 0 Å². The third-order valence-corrected chi connectivity index (χ3v) is 2.00. The van der Waals surface area contributed by atoms with Crippen molar-refractivity contribution in [3.8, 4) is 0 Å². The van der Waals surface area contributed by atoms with Crippen LogP contribution < -0.4 is 5.32 Å². The van der Waals surface area contributed by atoms with E-state index in [1.165, 1.54) is 6.92 Å². The smallest absolute Gasteiger partial charge is 0.315 e. The molecular formula is C10H13NO4. The number of carbonyl (C=O) groups is 2. The van der Waals surface area contributed by atoms with E-state index in [0.717, 1.165) is 5.76 Å². The molecule has 15 heavy (non-hydrogen) atoms. The van der Waals surface area contributed by atoms with E-state index in [4.69, 9.17) is 9.52 Å². The van der Waals surface area contributed by atoms with Crippen LogP contribution in [0, 0.1) is 12.8 Å². The maximum atomic E-state index is 11.2. The summed E-state index contributed by atoms with van der Waals surface area (Å²) in [5, 5.41) is 11.0. The van der Waals surface area contributed by atoms with E-state index in [2.05, 4.69) is 5.32 Å². The summed E-state index contributed by atoms with van der Waals surface area (Å²) >= 11 is 0. The molecule has 1 heterocycles. The van der Waals surface area contributed by atoms with Gasteiger partial charge in [0.25, 0.3) is 0 Å². The maximum absolute atomic E-state index is 11.2. The summed E-state index contributed by atoms with van der Waals surface area (Å²) in [6, 6.07) is 3.52. The number of carboxylic acids is 1. The van der Waals surface area contributed by atoms with Crippen LogP contribution in [0.4, 0.5) is 0 Å². The minimum Gasteiger partial charge on any atom is -0.481 e. The van der Waals surface area contributed by atoms with Crippen molar-refractivity contribution in [3.63, 3.8) is 0 Å². The lowest BCUT2D eigenvalue weighted by atomic mass is 10.2. The average molecular weight is 211 g/mol. The van der Waals surface area contributed by atoms with Crippen molar-refractivity contribution in [2.75, 3.05) is 0 Å². The molecule has 0 aliphatic carbocycles. The maximum Gasteiger partial charge on any atom is 0.315 e. The minimum absolute atomic E-state index is 0.213. The molecule has 0 aliphatic heterocycles. The molecule has 1 aromatic rings. The van der Waals surface area contributed by atoms with Crippen LogP contribution in [0.3, 0.4) is 0 Å². The Balaban J connectivity index is 2.44. The Morgan fingerprint density at radius 3 is 2.67 bits per heavy atom. The van der Waals surface area contributed by atoms with Crippen LogP contribution in [-0.4, -0.2) is 17.0 Å². The topological polar surface area (TPSA) is 79.5 Å². The standard InChI is InChI=1S/C10H13NO4/c1-6-3-4-8(15-6)5-11-9(12)7(2)10(13)14/h3-4,7H,5H2,1-2H3,(H,11,12)(H,13,14). The molecule has 1 rings (SSSR count). The van der Waals surface area contributed by atoms with Crippen molar-refractivity contribution >= 4 is 11.9 Å². The van der Waals surface area contributed by atoms with Gasteiger partial charge in [0.05, 0.1) is 6.54 Å². The molecule has 1 atom stereocenters. The number of amides is 1. The number of aliphatic carboxylic acids is 1. The molecule has 5 nitrogen and oxygen atoms in total. The van der Waals surface area contributed by atoms with Crippen LogP contribution in [0.1, 0.15) is 18.4 Å². The van der Waals surface area contributed by atoms with Crippen molar-refractivity contribution in [3.05, 3.63) is 23.7 Å². The predicted octanol–water partition coefficient (Wildman–Crippen LogP) is 0.925. The molecule has 1 unspecified atom stereocenters. The van der Waals surface area contributed by atoms with E-state index in [9.17, 15) is 9.59 Å². The van der Waals surface area contributed by atoms with Crippen molar-refractivity contribution in [2.24, 2.45) is 5.92 Å². The minimum atomic E-state index is -1.14. The molecule has 82 valence electrons. The second kappa shape index (κ2) is 4.63. The van der Waals surface area contributed by atoms with Gasteiger partial charge in [0.2, 0.25) is 5.91 Å². The Labute approximate surface area is 87.1 Å². The zero-order valence-corrected chi connectivity index (χ0v) is 8.61. The Morgan fingerprint density at radius 1 is 1.53 bits per heavy atom. The zero-order chi connectivity index (χ0) is 11.4. The Kier molecular flexibility index (Phi) is 3.49. The molecule has 5 heteroatoms. The van der Waals surface area contributed by atoms with Gasteiger partial charge < -0.3 is 14.8 Å². The molecule has 1 aromatic heterocycles. The van der Waals surface area contributed by atoms with Crippen LogP contribution in [-0.2, 0) is 16.1 Å². The molecule has 0 saturated heterocycles. The normalized spacial score (nSPS) is 12.1. The van der Waals surface area contributed by atoms with E-state index >= 15 is 0 Å². The third kappa shape index (κ3) is 3.12. The highest BCUT2D eigenvalue weighted by atomic mass is 16.4. The Bertz CT molecular complexity index is 369. The highest BCUT2D eigenvalue weighted by molar-refractivity contribution is 5.96. The fourth-order valence-electron chi connectivity index (χ4n) is 1.02. The van der Waals surface area contributed by atoms with Crippen molar-refractivity contribution < 1.29 is 19.1 Å². The summed E-state index contributed by atoms with van der Waals surface area (Å²) in [6.45, 7) is 3.35. The number of carbonyl (C=O) groups excluding carboxylic acids is 1. The fraction of sp³-hybridized carbons (Fsp3) is 0.400. The van der Waals surface area contributed by atoms with Crippen molar-refractivity contribution in [1.82, 2.24) is 5.32 Å². The number of rotatable bonds is 4. The predicted molar refractivity (Wildman–Crippen MR) is 52.1 cm³/mol. The summed E-state index contributed by atoms with van der Waals surface area (Å²) in [4.78, 5) is 21.7. The van der Waals surface area contributed by atoms with Gasteiger partial charge in [-0.3, -0.25) is 9.59 Å². The molecule has 0 saturated carbocycles. The van der Waals surface area contributed by atoms with E-state index < -0.39 is 17.8 Å². The number of aryl methyl sites for hydroxylation is 1. The molecular weight excluding hydrogens is 198 g/mol. The molecule has 2 N–H and O–H groups in total. The summed E-state index contributed by atoms with van der Waals surface area (Å²) < 4.78 is 5.21. The van der Waals surface area contributed by atoms with Gasteiger partial charge in [-0.1, -0.05) is 0 Å². The Hall–Kier alpha value is -1.78. The molecule has 0 spiro atoms. The van der Waals surface area contributed by atoms with Crippen LogP contribution >= 0.6 is 0 Å². The number of furan rings is 1. The number of hydrogen-bond donors (Lipinski definition) is 2. The lowest BCUT2D eigenvalue weighted by Gasteiger charge is -2.06. The van der Waals surface area contributed by atoms with Gasteiger partial charge in [-0.2, -0.15) is 0 Å². The van der Waals surface area contributed by atoms with Gasteiger partial charge in [-0.25, -0.2) is 0 Å². The largest absolute Gasteiger partial charge is 0.481 e. The Morgan fingerprint density at radius 2 is 2.20 bits per heavy atom. The van der Waals surface area contributed by atoms with Gasteiger partial charge in [0.1, 0.15) is 17.4 Å². The van der Waals surface area contributed by atoms with Gasteiger partial charge in [-0.05, 0) is 26.0 Å². The fourth-order valence-corrected chi connectivity index (χ4v) is 1.02. The van der Waals surface area contributed by atoms with Gasteiger partial charge in [-0.15, -0.1) is 0 Å². The quantitative estimate of drug-likeness (QED) is 0.726. The molecule has 0 bridgehead atoms. The summed E-state index contributed by atoms with van der Waals surface area (Å²) in [6.07, 6.45) is 0.